The fraction of sp³-hybridized carbons (Fsp3) is 0.0909. The van der Waals surface area contributed by atoms with Gasteiger partial charge in [0.2, 0.25) is 0 Å². The van der Waals surface area contributed by atoms with Crippen LogP contribution in [0.3, 0.4) is 0 Å². The summed E-state index contributed by atoms with van der Waals surface area (Å²) in [6.07, 6.45) is 1.12. The second-order valence-electron chi connectivity index (χ2n) is 3.55. The van der Waals surface area contributed by atoms with E-state index in [9.17, 15) is 14.9 Å². The van der Waals surface area contributed by atoms with Gasteiger partial charge in [0, 0.05) is 6.07 Å². The van der Waals surface area contributed by atoms with Crippen LogP contribution in [0.5, 0.6) is 0 Å². The van der Waals surface area contributed by atoms with Gasteiger partial charge in [0.1, 0.15) is 12.0 Å². The SMILES string of the molecule is Cc1cc([N+](=O)[O-])cnc1NC(=O)c1cccs1. The molecule has 1 N–H and O–H groups in total. The van der Waals surface area contributed by atoms with Gasteiger partial charge < -0.3 is 5.32 Å². The van der Waals surface area contributed by atoms with E-state index < -0.39 is 4.92 Å². The van der Waals surface area contributed by atoms with E-state index in [2.05, 4.69) is 10.3 Å². The van der Waals surface area contributed by atoms with Crippen LogP contribution in [0.2, 0.25) is 0 Å². The number of aromatic nitrogens is 1. The van der Waals surface area contributed by atoms with Crippen molar-refractivity contribution in [2.24, 2.45) is 0 Å². The van der Waals surface area contributed by atoms with Crippen molar-refractivity contribution in [3.8, 4) is 0 Å². The molecule has 0 fully saturated rings. The Morgan fingerprint density at radius 3 is 2.89 bits per heavy atom. The average molecular weight is 263 g/mol. The minimum absolute atomic E-state index is 0.0957. The van der Waals surface area contributed by atoms with Gasteiger partial charge in [0.25, 0.3) is 11.6 Å². The van der Waals surface area contributed by atoms with Crippen molar-refractivity contribution in [2.45, 2.75) is 6.92 Å². The normalized spacial score (nSPS) is 10.1. The predicted octanol–water partition coefficient (Wildman–Crippen LogP) is 2.61. The molecule has 0 aliphatic rings. The molecule has 0 spiro atoms. The first-order chi connectivity index (χ1) is 8.58. The number of nitrogens with zero attached hydrogens (tertiary/aromatic N) is 2. The fourth-order valence-electron chi connectivity index (χ4n) is 1.37. The van der Waals surface area contributed by atoms with E-state index in [1.165, 1.54) is 17.4 Å². The molecule has 0 saturated heterocycles. The summed E-state index contributed by atoms with van der Waals surface area (Å²) in [4.78, 5) is 26.2. The fourth-order valence-corrected chi connectivity index (χ4v) is 1.99. The summed E-state index contributed by atoms with van der Waals surface area (Å²) in [5.41, 5.74) is 0.454. The van der Waals surface area contributed by atoms with E-state index in [1.807, 2.05) is 0 Å². The minimum atomic E-state index is -0.523. The molecule has 2 aromatic heterocycles. The third kappa shape index (κ3) is 2.51. The summed E-state index contributed by atoms with van der Waals surface area (Å²) in [5, 5.41) is 15.0. The van der Waals surface area contributed by atoms with Crippen LogP contribution in [0.4, 0.5) is 11.5 Å². The number of hydrogen-bond acceptors (Lipinski definition) is 5. The third-order valence-corrected chi connectivity index (χ3v) is 3.12. The van der Waals surface area contributed by atoms with Gasteiger partial charge in [0.05, 0.1) is 9.80 Å². The molecule has 18 heavy (non-hydrogen) atoms. The topological polar surface area (TPSA) is 85.1 Å². The first kappa shape index (κ1) is 12.2. The number of aryl methyl sites for hydroxylation is 1. The van der Waals surface area contributed by atoms with Crippen LogP contribution in [0.1, 0.15) is 15.2 Å². The Morgan fingerprint density at radius 1 is 1.56 bits per heavy atom. The van der Waals surface area contributed by atoms with Crippen molar-refractivity contribution in [2.75, 3.05) is 5.32 Å². The van der Waals surface area contributed by atoms with Gasteiger partial charge in [-0.05, 0) is 23.9 Å². The maximum Gasteiger partial charge on any atom is 0.287 e. The highest BCUT2D eigenvalue weighted by atomic mass is 32.1. The lowest BCUT2D eigenvalue weighted by molar-refractivity contribution is -0.385. The lowest BCUT2D eigenvalue weighted by Crippen LogP contribution is -2.12. The van der Waals surface area contributed by atoms with Crippen LogP contribution < -0.4 is 5.32 Å². The molecule has 2 heterocycles. The molecule has 0 aliphatic heterocycles. The Bertz CT molecular complexity index is 596. The molecule has 1 amide bonds. The van der Waals surface area contributed by atoms with Gasteiger partial charge in [-0.2, -0.15) is 0 Å². The van der Waals surface area contributed by atoms with E-state index in [4.69, 9.17) is 0 Å². The van der Waals surface area contributed by atoms with Crippen molar-refractivity contribution in [1.29, 1.82) is 0 Å². The molecular weight excluding hydrogens is 254 g/mol. The molecule has 0 aliphatic carbocycles. The summed E-state index contributed by atoms with van der Waals surface area (Å²) in [7, 11) is 0. The second kappa shape index (κ2) is 4.92. The van der Waals surface area contributed by atoms with E-state index in [-0.39, 0.29) is 11.6 Å². The lowest BCUT2D eigenvalue weighted by Gasteiger charge is -2.05. The summed E-state index contributed by atoms with van der Waals surface area (Å²) in [6.45, 7) is 1.66. The summed E-state index contributed by atoms with van der Waals surface area (Å²) in [5.74, 6) is 0.0634. The summed E-state index contributed by atoms with van der Waals surface area (Å²) in [6, 6.07) is 4.84. The number of carbonyl (C=O) groups excluding carboxylic acids is 1. The monoisotopic (exact) mass is 263 g/mol. The molecule has 0 saturated carbocycles. The number of anilines is 1. The van der Waals surface area contributed by atoms with Crippen molar-refractivity contribution < 1.29 is 9.72 Å². The van der Waals surface area contributed by atoms with Crippen LogP contribution in [0.15, 0.2) is 29.8 Å². The Balaban J connectivity index is 2.20. The minimum Gasteiger partial charge on any atom is -0.306 e. The highest BCUT2D eigenvalue weighted by Crippen LogP contribution is 2.19. The first-order valence-electron chi connectivity index (χ1n) is 5.04. The molecule has 0 unspecified atom stereocenters. The number of carbonyl (C=O) groups is 1. The molecule has 0 aromatic carbocycles. The van der Waals surface area contributed by atoms with Gasteiger partial charge in [-0.15, -0.1) is 11.3 Å². The molecule has 2 rings (SSSR count). The third-order valence-electron chi connectivity index (χ3n) is 2.25. The lowest BCUT2D eigenvalue weighted by atomic mass is 10.2. The maximum absolute atomic E-state index is 11.8. The predicted molar refractivity (Wildman–Crippen MR) is 67.9 cm³/mol. The van der Waals surface area contributed by atoms with Gasteiger partial charge in [0.15, 0.2) is 0 Å². The molecule has 7 heteroatoms. The Hall–Kier alpha value is -2.28. The van der Waals surface area contributed by atoms with Gasteiger partial charge in [-0.3, -0.25) is 14.9 Å². The van der Waals surface area contributed by atoms with Crippen LogP contribution >= 0.6 is 11.3 Å². The highest BCUT2D eigenvalue weighted by molar-refractivity contribution is 7.12. The van der Waals surface area contributed by atoms with Crippen molar-refractivity contribution in [1.82, 2.24) is 4.98 Å². The van der Waals surface area contributed by atoms with Gasteiger partial charge in [-0.25, -0.2) is 4.98 Å². The molecule has 92 valence electrons. The zero-order chi connectivity index (χ0) is 13.1. The second-order valence-corrected chi connectivity index (χ2v) is 4.50. The summed E-state index contributed by atoms with van der Waals surface area (Å²) >= 11 is 1.32. The quantitative estimate of drug-likeness (QED) is 0.681. The van der Waals surface area contributed by atoms with Crippen molar-refractivity contribution in [3.63, 3.8) is 0 Å². The number of nitrogens with one attached hydrogen (secondary N) is 1. The number of rotatable bonds is 3. The number of nitro groups is 1. The molecule has 6 nitrogen and oxygen atoms in total. The number of amides is 1. The number of thiophene rings is 1. The van der Waals surface area contributed by atoms with Crippen LogP contribution in [-0.4, -0.2) is 15.8 Å². The van der Waals surface area contributed by atoms with Crippen LogP contribution in [0, 0.1) is 17.0 Å². The maximum atomic E-state index is 11.8. The zero-order valence-electron chi connectivity index (χ0n) is 9.41. The Kier molecular flexibility index (Phi) is 3.33. The molecule has 0 atom stereocenters. The van der Waals surface area contributed by atoms with Crippen LogP contribution in [0.25, 0.3) is 0 Å². The Labute approximate surface area is 106 Å². The summed E-state index contributed by atoms with van der Waals surface area (Å²) < 4.78 is 0. The Morgan fingerprint density at radius 2 is 2.33 bits per heavy atom. The van der Waals surface area contributed by atoms with E-state index in [1.54, 1.807) is 24.4 Å². The molecule has 0 radical (unpaired) electrons. The van der Waals surface area contributed by atoms with E-state index >= 15 is 0 Å². The van der Waals surface area contributed by atoms with Gasteiger partial charge in [-0.1, -0.05) is 6.07 Å². The highest BCUT2D eigenvalue weighted by Gasteiger charge is 2.13. The van der Waals surface area contributed by atoms with Crippen LogP contribution in [-0.2, 0) is 0 Å². The largest absolute Gasteiger partial charge is 0.306 e. The van der Waals surface area contributed by atoms with E-state index in [0.717, 1.165) is 6.20 Å². The molecule has 0 bridgehead atoms. The average Bonchev–Trinajstić information content (AvgIpc) is 2.85. The standard InChI is InChI=1S/C11H9N3O3S/c1-7-5-8(14(16)17)6-12-10(7)13-11(15)9-3-2-4-18-9/h2-6H,1H3,(H,12,13,15). The molecular formula is C11H9N3O3S. The van der Waals surface area contributed by atoms with Gasteiger partial charge >= 0.3 is 0 Å². The van der Waals surface area contributed by atoms with Crippen molar-refractivity contribution >= 4 is 28.7 Å². The number of pyridine rings is 1. The zero-order valence-corrected chi connectivity index (χ0v) is 10.2. The van der Waals surface area contributed by atoms with E-state index in [0.29, 0.717) is 16.3 Å². The van der Waals surface area contributed by atoms with Crippen molar-refractivity contribution in [3.05, 3.63) is 50.3 Å². The smallest absolute Gasteiger partial charge is 0.287 e. The first-order valence-corrected chi connectivity index (χ1v) is 5.92. The number of hydrogen-bond donors (Lipinski definition) is 1. The molecule has 2 aromatic rings.